The fraction of sp³-hybridized carbons (Fsp3) is 0.238. The summed E-state index contributed by atoms with van der Waals surface area (Å²) >= 11 is 0. The Morgan fingerprint density at radius 3 is 2.63 bits per heavy atom. The molecule has 1 aliphatic rings. The van der Waals surface area contributed by atoms with E-state index < -0.39 is 0 Å². The van der Waals surface area contributed by atoms with Crippen LogP contribution in [0.15, 0.2) is 47.5 Å². The highest BCUT2D eigenvalue weighted by Gasteiger charge is 2.23. The number of anilines is 1. The maximum atomic E-state index is 12.1. The van der Waals surface area contributed by atoms with Crippen molar-refractivity contribution in [2.45, 2.75) is 33.2 Å². The van der Waals surface area contributed by atoms with Crippen LogP contribution < -0.4 is 10.6 Å². The number of nitrogens with zero attached hydrogens (tertiary/aromatic N) is 3. The summed E-state index contributed by atoms with van der Waals surface area (Å²) in [5.74, 6) is 0.731. The third-order valence-corrected chi connectivity index (χ3v) is 4.66. The smallest absolute Gasteiger partial charge is 0.230 e. The average molecular weight is 359 g/mol. The molecule has 1 aliphatic heterocycles. The lowest BCUT2D eigenvalue weighted by Gasteiger charge is -2.21. The first-order valence-electron chi connectivity index (χ1n) is 8.95. The lowest BCUT2D eigenvalue weighted by atomic mass is 10.0. The molecule has 27 heavy (non-hydrogen) atoms. The molecule has 0 fully saturated rings. The van der Waals surface area contributed by atoms with E-state index >= 15 is 0 Å². The zero-order chi connectivity index (χ0) is 19.0. The van der Waals surface area contributed by atoms with Crippen LogP contribution in [0.25, 0.3) is 10.9 Å². The summed E-state index contributed by atoms with van der Waals surface area (Å²) in [6.07, 6.45) is 0.325. The number of rotatable bonds is 2. The van der Waals surface area contributed by atoms with Crippen LogP contribution in [-0.4, -0.2) is 21.8 Å². The molecule has 0 saturated carbocycles. The molecule has 136 valence electrons. The van der Waals surface area contributed by atoms with Crippen LogP contribution in [0.5, 0.6) is 0 Å². The van der Waals surface area contributed by atoms with Crippen LogP contribution in [0.2, 0.25) is 0 Å². The number of amides is 1. The standard InChI is InChI=1S/C21H21N5O/c1-12-9-13(2)19-16(10-12)14(3)22-20(25-19)26-21-23-17(11-18(27)24-21)15-7-5-4-6-8-15/h4-10,17H,11H2,1-3H3,(H2,22,23,24,25,26,27)/t17-/m1/s1. The fourth-order valence-corrected chi connectivity index (χ4v) is 3.42. The number of nitrogens with one attached hydrogen (secondary N) is 2. The molecule has 4 rings (SSSR count). The van der Waals surface area contributed by atoms with Gasteiger partial charge in [-0.05, 0) is 38.0 Å². The highest BCUT2D eigenvalue weighted by molar-refractivity contribution is 6.05. The second-order valence-electron chi connectivity index (χ2n) is 6.89. The maximum absolute atomic E-state index is 12.1. The third-order valence-electron chi connectivity index (χ3n) is 4.66. The summed E-state index contributed by atoms with van der Waals surface area (Å²) in [7, 11) is 0. The van der Waals surface area contributed by atoms with E-state index in [1.807, 2.05) is 44.2 Å². The Hall–Kier alpha value is -3.28. The number of fused-ring (bicyclic) bond motifs is 1. The lowest BCUT2D eigenvalue weighted by molar-refractivity contribution is -0.120. The van der Waals surface area contributed by atoms with Crippen molar-refractivity contribution in [2.75, 3.05) is 5.32 Å². The van der Waals surface area contributed by atoms with Gasteiger partial charge in [0.25, 0.3) is 0 Å². The van der Waals surface area contributed by atoms with E-state index in [2.05, 4.69) is 44.7 Å². The topological polar surface area (TPSA) is 79.3 Å². The Balaban J connectivity index is 1.68. The predicted octanol–water partition coefficient (Wildman–Crippen LogP) is 3.58. The van der Waals surface area contributed by atoms with Crippen LogP contribution >= 0.6 is 0 Å². The largest absolute Gasteiger partial charge is 0.296 e. The number of aromatic nitrogens is 2. The molecule has 0 spiro atoms. The van der Waals surface area contributed by atoms with E-state index in [1.54, 1.807) is 0 Å². The van der Waals surface area contributed by atoms with Gasteiger partial charge in [0.1, 0.15) is 0 Å². The van der Waals surface area contributed by atoms with Gasteiger partial charge in [-0.25, -0.2) is 15.0 Å². The molecule has 3 aromatic rings. The van der Waals surface area contributed by atoms with Gasteiger partial charge in [0.2, 0.25) is 17.8 Å². The van der Waals surface area contributed by atoms with Crippen LogP contribution in [0, 0.1) is 20.8 Å². The minimum absolute atomic E-state index is 0.0781. The van der Waals surface area contributed by atoms with E-state index in [1.165, 1.54) is 5.56 Å². The summed E-state index contributed by atoms with van der Waals surface area (Å²) in [6, 6.07) is 13.8. The van der Waals surface area contributed by atoms with Crippen LogP contribution in [0.1, 0.15) is 34.8 Å². The van der Waals surface area contributed by atoms with Gasteiger partial charge < -0.3 is 0 Å². The number of aryl methyl sites for hydroxylation is 3. The first-order valence-corrected chi connectivity index (χ1v) is 8.95. The van der Waals surface area contributed by atoms with Gasteiger partial charge in [-0.3, -0.25) is 15.4 Å². The van der Waals surface area contributed by atoms with Gasteiger partial charge in [-0.15, -0.1) is 0 Å². The molecule has 1 amide bonds. The molecule has 0 unspecified atom stereocenters. The van der Waals surface area contributed by atoms with Crippen molar-refractivity contribution in [1.29, 1.82) is 0 Å². The minimum atomic E-state index is -0.214. The van der Waals surface area contributed by atoms with Gasteiger partial charge in [-0.1, -0.05) is 42.0 Å². The highest BCUT2D eigenvalue weighted by Crippen LogP contribution is 2.25. The number of carbonyl (C=O) groups is 1. The lowest BCUT2D eigenvalue weighted by Crippen LogP contribution is -2.40. The van der Waals surface area contributed by atoms with E-state index in [0.717, 1.165) is 27.7 Å². The van der Waals surface area contributed by atoms with Gasteiger partial charge in [-0.2, -0.15) is 0 Å². The molecule has 1 atom stereocenters. The number of carbonyl (C=O) groups excluding carboxylic acids is 1. The van der Waals surface area contributed by atoms with Gasteiger partial charge in [0.05, 0.1) is 23.7 Å². The minimum Gasteiger partial charge on any atom is -0.296 e. The molecular weight excluding hydrogens is 338 g/mol. The summed E-state index contributed by atoms with van der Waals surface area (Å²) < 4.78 is 0. The van der Waals surface area contributed by atoms with Crippen molar-refractivity contribution in [1.82, 2.24) is 15.3 Å². The van der Waals surface area contributed by atoms with Crippen LogP contribution in [0.3, 0.4) is 0 Å². The van der Waals surface area contributed by atoms with E-state index in [0.29, 0.717) is 18.3 Å². The Bertz CT molecular complexity index is 1060. The van der Waals surface area contributed by atoms with E-state index in [4.69, 9.17) is 0 Å². The number of hydrogen-bond donors (Lipinski definition) is 2. The van der Waals surface area contributed by atoms with Crippen molar-refractivity contribution in [2.24, 2.45) is 4.99 Å². The second-order valence-corrected chi connectivity index (χ2v) is 6.89. The number of aliphatic imine (C=N–C) groups is 1. The quantitative estimate of drug-likeness (QED) is 0.733. The highest BCUT2D eigenvalue weighted by atomic mass is 16.1. The first-order chi connectivity index (χ1) is 13.0. The Labute approximate surface area is 157 Å². The predicted molar refractivity (Wildman–Crippen MR) is 107 cm³/mol. The van der Waals surface area contributed by atoms with Crippen molar-refractivity contribution < 1.29 is 4.79 Å². The van der Waals surface area contributed by atoms with Crippen molar-refractivity contribution in [3.63, 3.8) is 0 Å². The van der Waals surface area contributed by atoms with Crippen molar-refractivity contribution >= 4 is 28.7 Å². The molecular formula is C21H21N5O. The second kappa shape index (κ2) is 6.79. The van der Waals surface area contributed by atoms with Gasteiger partial charge in [0, 0.05) is 5.39 Å². The number of hydrogen-bond acceptors (Lipinski definition) is 5. The van der Waals surface area contributed by atoms with Crippen LogP contribution in [0.4, 0.5) is 5.95 Å². The van der Waals surface area contributed by atoms with Crippen molar-refractivity contribution in [3.05, 3.63) is 64.8 Å². The zero-order valence-electron chi connectivity index (χ0n) is 15.6. The molecule has 0 radical (unpaired) electrons. The number of benzene rings is 2. The van der Waals surface area contributed by atoms with E-state index in [9.17, 15) is 4.79 Å². The molecule has 2 aromatic carbocycles. The molecule has 2 heterocycles. The summed E-state index contributed by atoms with van der Waals surface area (Å²) in [5, 5.41) is 6.89. The monoisotopic (exact) mass is 359 g/mol. The Morgan fingerprint density at radius 2 is 1.85 bits per heavy atom. The van der Waals surface area contributed by atoms with Crippen LogP contribution in [-0.2, 0) is 4.79 Å². The Kier molecular flexibility index (Phi) is 4.32. The zero-order valence-corrected chi connectivity index (χ0v) is 15.6. The first kappa shape index (κ1) is 17.1. The maximum Gasteiger partial charge on any atom is 0.230 e. The fourth-order valence-electron chi connectivity index (χ4n) is 3.42. The summed E-state index contributed by atoms with van der Waals surface area (Å²) in [4.78, 5) is 26.0. The van der Waals surface area contributed by atoms with Gasteiger partial charge >= 0.3 is 0 Å². The average Bonchev–Trinajstić information content (AvgIpc) is 2.63. The van der Waals surface area contributed by atoms with Gasteiger partial charge in [0.15, 0.2) is 0 Å². The molecule has 2 N–H and O–H groups in total. The SMILES string of the molecule is Cc1cc(C)c2nc(NC3=N[C@@H](c4ccccc4)CC(=O)N3)nc(C)c2c1. The molecule has 6 nitrogen and oxygen atoms in total. The molecule has 0 aliphatic carbocycles. The Morgan fingerprint density at radius 1 is 1.07 bits per heavy atom. The molecule has 0 saturated heterocycles. The molecule has 1 aromatic heterocycles. The normalized spacial score (nSPS) is 16.8. The molecule has 6 heteroatoms. The van der Waals surface area contributed by atoms with E-state index in [-0.39, 0.29) is 11.9 Å². The van der Waals surface area contributed by atoms with Crippen molar-refractivity contribution in [3.8, 4) is 0 Å². The number of guanidine groups is 1. The summed E-state index contributed by atoms with van der Waals surface area (Å²) in [5.41, 5.74) is 5.07. The summed E-state index contributed by atoms with van der Waals surface area (Å²) in [6.45, 7) is 6.06. The third kappa shape index (κ3) is 3.51. The molecule has 0 bridgehead atoms.